The fourth-order valence-corrected chi connectivity index (χ4v) is 5.72. The lowest BCUT2D eigenvalue weighted by Crippen LogP contribution is -2.34. The van der Waals surface area contributed by atoms with Crippen molar-refractivity contribution >= 4 is 29.0 Å². The van der Waals surface area contributed by atoms with Gasteiger partial charge in [-0.1, -0.05) is 37.7 Å². The molecular formula is C25H33N3OS. The predicted octanol–water partition coefficient (Wildman–Crippen LogP) is 5.65. The van der Waals surface area contributed by atoms with Gasteiger partial charge in [0.2, 0.25) is 0 Å². The van der Waals surface area contributed by atoms with Crippen LogP contribution in [-0.4, -0.2) is 55.0 Å². The van der Waals surface area contributed by atoms with Gasteiger partial charge in [-0.25, -0.2) is 0 Å². The molecule has 2 aromatic carbocycles. The fraction of sp³-hybridized carbons (Fsp3) is 0.480. The first-order valence-electron chi connectivity index (χ1n) is 11.3. The molecule has 1 amide bonds. The Labute approximate surface area is 185 Å². The largest absolute Gasteiger partial charge is 0.340 e. The number of amides is 1. The van der Waals surface area contributed by atoms with E-state index < -0.39 is 0 Å². The molecule has 1 atom stereocenters. The number of anilines is 2. The van der Waals surface area contributed by atoms with Gasteiger partial charge < -0.3 is 14.7 Å². The summed E-state index contributed by atoms with van der Waals surface area (Å²) >= 11 is 1.79. The number of hydrogen-bond acceptors (Lipinski definition) is 4. The second kappa shape index (κ2) is 9.44. The summed E-state index contributed by atoms with van der Waals surface area (Å²) in [6, 6.07) is 15.5. The molecule has 2 heterocycles. The summed E-state index contributed by atoms with van der Waals surface area (Å²) in [6.07, 6.45) is 4.52. The third kappa shape index (κ3) is 4.23. The number of fused-ring (bicyclic) bond motifs is 2. The monoisotopic (exact) mass is 423 g/mol. The lowest BCUT2D eigenvalue weighted by molar-refractivity contribution is 0.0792. The van der Waals surface area contributed by atoms with Crippen molar-refractivity contribution < 1.29 is 4.79 Å². The maximum atomic E-state index is 12.9. The predicted molar refractivity (Wildman–Crippen MR) is 126 cm³/mol. The van der Waals surface area contributed by atoms with Gasteiger partial charge in [-0.05, 0) is 69.6 Å². The summed E-state index contributed by atoms with van der Waals surface area (Å²) in [5, 5.41) is 0. The Morgan fingerprint density at radius 1 is 1.07 bits per heavy atom. The number of benzene rings is 2. The molecule has 0 N–H and O–H groups in total. The summed E-state index contributed by atoms with van der Waals surface area (Å²) in [7, 11) is 2.22. The van der Waals surface area contributed by atoms with Crippen LogP contribution in [0.25, 0.3) is 0 Å². The Morgan fingerprint density at radius 3 is 2.53 bits per heavy atom. The summed E-state index contributed by atoms with van der Waals surface area (Å²) in [5.41, 5.74) is 3.33. The SMILES string of the molecule is CCC(CCN1c2ccccc2Sc2cc(C(=O)N3CCCC3)ccc21)N(C)CC. The molecule has 1 unspecified atom stereocenters. The summed E-state index contributed by atoms with van der Waals surface area (Å²) in [6.45, 7) is 8.34. The molecular weight excluding hydrogens is 390 g/mol. The van der Waals surface area contributed by atoms with E-state index >= 15 is 0 Å². The van der Waals surface area contributed by atoms with Gasteiger partial charge in [-0.2, -0.15) is 0 Å². The van der Waals surface area contributed by atoms with Crippen LogP contribution in [0.3, 0.4) is 0 Å². The van der Waals surface area contributed by atoms with Crippen molar-refractivity contribution in [1.29, 1.82) is 0 Å². The van der Waals surface area contributed by atoms with E-state index in [1.807, 2.05) is 11.0 Å². The van der Waals surface area contributed by atoms with Crippen LogP contribution >= 0.6 is 11.8 Å². The molecule has 2 aliphatic heterocycles. The minimum Gasteiger partial charge on any atom is -0.340 e. The quantitative estimate of drug-likeness (QED) is 0.575. The molecule has 5 heteroatoms. The Kier molecular flexibility index (Phi) is 6.69. The van der Waals surface area contributed by atoms with Crippen LogP contribution in [0.4, 0.5) is 11.4 Å². The summed E-state index contributed by atoms with van der Waals surface area (Å²) in [4.78, 5) is 22.3. The first-order chi connectivity index (χ1) is 14.6. The maximum absolute atomic E-state index is 12.9. The first kappa shape index (κ1) is 21.3. The van der Waals surface area contributed by atoms with Crippen LogP contribution < -0.4 is 4.90 Å². The van der Waals surface area contributed by atoms with Crippen molar-refractivity contribution in [1.82, 2.24) is 9.80 Å². The number of likely N-dealkylation sites (tertiary alicyclic amines) is 1. The molecule has 160 valence electrons. The average molecular weight is 424 g/mol. The van der Waals surface area contributed by atoms with Crippen molar-refractivity contribution in [3.63, 3.8) is 0 Å². The first-order valence-corrected chi connectivity index (χ1v) is 12.1. The van der Waals surface area contributed by atoms with Gasteiger partial charge in [0.15, 0.2) is 0 Å². The zero-order chi connectivity index (χ0) is 21.1. The van der Waals surface area contributed by atoms with Crippen LogP contribution in [0.2, 0.25) is 0 Å². The highest BCUT2D eigenvalue weighted by atomic mass is 32.2. The molecule has 2 aliphatic rings. The van der Waals surface area contributed by atoms with Crippen molar-refractivity contribution in [3.05, 3.63) is 48.0 Å². The highest BCUT2D eigenvalue weighted by Crippen LogP contribution is 2.48. The molecule has 2 aromatic rings. The third-order valence-corrected chi connectivity index (χ3v) is 7.66. The molecule has 0 bridgehead atoms. The van der Waals surface area contributed by atoms with Crippen LogP contribution in [0.1, 0.15) is 49.9 Å². The van der Waals surface area contributed by atoms with Gasteiger partial charge in [0.25, 0.3) is 5.91 Å². The number of rotatable bonds is 7. The molecule has 0 radical (unpaired) electrons. The molecule has 1 saturated heterocycles. The molecule has 0 saturated carbocycles. The summed E-state index contributed by atoms with van der Waals surface area (Å²) in [5.74, 6) is 0.178. The Morgan fingerprint density at radius 2 is 1.80 bits per heavy atom. The number of para-hydroxylation sites is 1. The number of hydrogen-bond donors (Lipinski definition) is 0. The van der Waals surface area contributed by atoms with E-state index in [0.29, 0.717) is 6.04 Å². The van der Waals surface area contributed by atoms with Gasteiger partial charge in [0.1, 0.15) is 0 Å². The zero-order valence-electron chi connectivity index (χ0n) is 18.4. The normalized spacial score (nSPS) is 16.5. The topological polar surface area (TPSA) is 26.8 Å². The van der Waals surface area contributed by atoms with Gasteiger partial charge >= 0.3 is 0 Å². The third-order valence-electron chi connectivity index (χ3n) is 6.55. The minimum atomic E-state index is 0.178. The van der Waals surface area contributed by atoms with E-state index in [2.05, 4.69) is 67.1 Å². The van der Waals surface area contributed by atoms with Crippen molar-refractivity contribution in [2.24, 2.45) is 0 Å². The number of carbonyl (C=O) groups is 1. The van der Waals surface area contributed by atoms with Crippen LogP contribution in [0.5, 0.6) is 0 Å². The molecule has 4 nitrogen and oxygen atoms in total. The average Bonchev–Trinajstić information content (AvgIpc) is 3.32. The second-order valence-corrected chi connectivity index (χ2v) is 9.41. The van der Waals surface area contributed by atoms with E-state index in [1.54, 1.807) is 11.8 Å². The fourth-order valence-electron chi connectivity index (χ4n) is 4.58. The standard InChI is InChI=1S/C25H33N3OS/c1-4-20(26(3)5-2)14-17-28-21-10-6-7-11-23(21)30-24-18-19(12-13-22(24)28)25(29)27-15-8-9-16-27/h6-7,10-13,18,20H,4-5,8-9,14-17H2,1-3H3. The van der Waals surface area contributed by atoms with E-state index in [0.717, 1.165) is 57.4 Å². The van der Waals surface area contributed by atoms with E-state index in [9.17, 15) is 4.79 Å². The summed E-state index contributed by atoms with van der Waals surface area (Å²) < 4.78 is 0. The molecule has 0 aliphatic carbocycles. The van der Waals surface area contributed by atoms with Crippen LogP contribution in [0, 0.1) is 0 Å². The van der Waals surface area contributed by atoms with Crippen molar-refractivity contribution in [3.8, 4) is 0 Å². The van der Waals surface area contributed by atoms with Crippen molar-refractivity contribution in [2.75, 3.05) is 38.1 Å². The van der Waals surface area contributed by atoms with Gasteiger partial charge in [0.05, 0.1) is 11.4 Å². The Balaban J connectivity index is 1.62. The molecule has 0 aromatic heterocycles. The number of nitrogens with zero attached hydrogens (tertiary/aromatic N) is 3. The molecule has 0 spiro atoms. The van der Waals surface area contributed by atoms with Gasteiger partial charge in [0, 0.05) is 41.0 Å². The smallest absolute Gasteiger partial charge is 0.253 e. The van der Waals surface area contributed by atoms with E-state index in [1.165, 1.54) is 21.2 Å². The Hall–Kier alpha value is -1.98. The zero-order valence-corrected chi connectivity index (χ0v) is 19.3. The molecule has 1 fully saturated rings. The highest BCUT2D eigenvalue weighted by Gasteiger charge is 2.26. The second-order valence-electron chi connectivity index (χ2n) is 8.33. The molecule has 30 heavy (non-hydrogen) atoms. The highest BCUT2D eigenvalue weighted by molar-refractivity contribution is 7.99. The lowest BCUT2D eigenvalue weighted by Gasteiger charge is -2.35. The Bertz CT molecular complexity index is 894. The van der Waals surface area contributed by atoms with Crippen LogP contribution in [0.15, 0.2) is 52.3 Å². The number of carbonyl (C=O) groups excluding carboxylic acids is 1. The van der Waals surface area contributed by atoms with Gasteiger partial charge in [-0.15, -0.1) is 0 Å². The maximum Gasteiger partial charge on any atom is 0.253 e. The van der Waals surface area contributed by atoms with Crippen LogP contribution in [-0.2, 0) is 0 Å². The minimum absolute atomic E-state index is 0.178. The van der Waals surface area contributed by atoms with Gasteiger partial charge in [-0.3, -0.25) is 4.79 Å². The molecule has 4 rings (SSSR count). The van der Waals surface area contributed by atoms with Crippen molar-refractivity contribution in [2.45, 2.75) is 55.4 Å². The lowest BCUT2D eigenvalue weighted by atomic mass is 10.1. The van der Waals surface area contributed by atoms with E-state index in [-0.39, 0.29) is 5.91 Å². The van der Waals surface area contributed by atoms with E-state index in [4.69, 9.17) is 0 Å².